The third-order valence-electron chi connectivity index (χ3n) is 3.77. The van der Waals surface area contributed by atoms with Crippen molar-refractivity contribution in [2.45, 2.75) is 24.7 Å². The van der Waals surface area contributed by atoms with Crippen LogP contribution in [0.5, 0.6) is 0 Å². The lowest BCUT2D eigenvalue weighted by Crippen LogP contribution is -2.41. The Morgan fingerprint density at radius 1 is 1.45 bits per heavy atom. The molecule has 1 aromatic rings. The first-order valence-electron chi connectivity index (χ1n) is 6.80. The molecule has 6 heteroatoms. The standard InChI is InChI=1S/C14H22N2O3S/c1-11-5-6-13(8-14(11)15)20(17,18)16-7-3-4-12(9-16)10-19-2/h5-6,8,12H,3-4,7,9-10,15H2,1-2H3. The molecule has 112 valence electrons. The molecular weight excluding hydrogens is 276 g/mol. The monoisotopic (exact) mass is 298 g/mol. The Labute approximate surface area is 120 Å². The lowest BCUT2D eigenvalue weighted by molar-refractivity contribution is 0.118. The van der Waals surface area contributed by atoms with Crippen molar-refractivity contribution in [3.05, 3.63) is 23.8 Å². The SMILES string of the molecule is COCC1CCCN(S(=O)(=O)c2ccc(C)c(N)c2)C1. The fraction of sp³-hybridized carbons (Fsp3) is 0.571. The quantitative estimate of drug-likeness (QED) is 0.857. The van der Waals surface area contributed by atoms with Gasteiger partial charge in [-0.25, -0.2) is 8.42 Å². The van der Waals surface area contributed by atoms with E-state index in [1.54, 1.807) is 29.6 Å². The van der Waals surface area contributed by atoms with Gasteiger partial charge in [0.05, 0.1) is 11.5 Å². The number of hydrogen-bond donors (Lipinski definition) is 1. The molecular formula is C14H22N2O3S. The summed E-state index contributed by atoms with van der Waals surface area (Å²) in [4.78, 5) is 0.277. The van der Waals surface area contributed by atoms with Gasteiger partial charge in [0.15, 0.2) is 0 Å². The zero-order chi connectivity index (χ0) is 14.8. The molecule has 20 heavy (non-hydrogen) atoms. The van der Waals surface area contributed by atoms with Gasteiger partial charge in [0.2, 0.25) is 10.0 Å². The lowest BCUT2D eigenvalue weighted by Gasteiger charge is -2.31. The van der Waals surface area contributed by atoms with Crippen LogP contribution in [0.25, 0.3) is 0 Å². The first-order chi connectivity index (χ1) is 9.45. The summed E-state index contributed by atoms with van der Waals surface area (Å²) < 4.78 is 31.9. The number of nitrogen functional groups attached to an aromatic ring is 1. The second-order valence-corrected chi connectivity index (χ2v) is 7.28. The van der Waals surface area contributed by atoms with Crippen LogP contribution in [0.4, 0.5) is 5.69 Å². The summed E-state index contributed by atoms with van der Waals surface area (Å²) in [5, 5.41) is 0. The maximum atomic E-state index is 12.6. The van der Waals surface area contributed by atoms with E-state index < -0.39 is 10.0 Å². The zero-order valence-corrected chi connectivity index (χ0v) is 12.8. The van der Waals surface area contributed by atoms with E-state index in [-0.39, 0.29) is 10.8 Å². The van der Waals surface area contributed by atoms with Gasteiger partial charge in [-0.3, -0.25) is 0 Å². The van der Waals surface area contributed by atoms with Crippen molar-refractivity contribution in [2.24, 2.45) is 5.92 Å². The maximum Gasteiger partial charge on any atom is 0.243 e. The first-order valence-corrected chi connectivity index (χ1v) is 8.24. The predicted octanol–water partition coefficient (Wildman–Crippen LogP) is 1.62. The number of piperidine rings is 1. The average molecular weight is 298 g/mol. The summed E-state index contributed by atoms with van der Waals surface area (Å²) in [7, 11) is -1.81. The summed E-state index contributed by atoms with van der Waals surface area (Å²) in [5.41, 5.74) is 7.22. The summed E-state index contributed by atoms with van der Waals surface area (Å²) in [6, 6.07) is 4.92. The number of sulfonamides is 1. The molecule has 1 atom stereocenters. The number of aryl methyl sites for hydroxylation is 1. The largest absolute Gasteiger partial charge is 0.398 e. The minimum atomic E-state index is -3.45. The molecule has 1 heterocycles. The highest BCUT2D eigenvalue weighted by Gasteiger charge is 2.30. The highest BCUT2D eigenvalue weighted by molar-refractivity contribution is 7.89. The van der Waals surface area contributed by atoms with Gasteiger partial charge in [-0.2, -0.15) is 4.31 Å². The van der Waals surface area contributed by atoms with Crippen molar-refractivity contribution < 1.29 is 13.2 Å². The van der Waals surface area contributed by atoms with E-state index in [2.05, 4.69) is 0 Å². The third-order valence-corrected chi connectivity index (χ3v) is 5.63. The van der Waals surface area contributed by atoms with E-state index in [1.807, 2.05) is 6.92 Å². The highest BCUT2D eigenvalue weighted by Crippen LogP contribution is 2.25. The lowest BCUT2D eigenvalue weighted by atomic mass is 10.0. The Morgan fingerprint density at radius 3 is 2.85 bits per heavy atom. The number of benzene rings is 1. The van der Waals surface area contributed by atoms with E-state index >= 15 is 0 Å². The molecule has 0 aliphatic carbocycles. The van der Waals surface area contributed by atoms with E-state index in [4.69, 9.17) is 10.5 Å². The first kappa shape index (κ1) is 15.3. The third kappa shape index (κ3) is 3.13. The number of ether oxygens (including phenoxy) is 1. The minimum absolute atomic E-state index is 0.270. The summed E-state index contributed by atoms with van der Waals surface area (Å²) >= 11 is 0. The van der Waals surface area contributed by atoms with Crippen LogP contribution in [-0.4, -0.2) is 39.5 Å². The molecule has 0 spiro atoms. The van der Waals surface area contributed by atoms with Crippen LogP contribution in [0.3, 0.4) is 0 Å². The van der Waals surface area contributed by atoms with Crippen molar-refractivity contribution in [1.82, 2.24) is 4.31 Å². The van der Waals surface area contributed by atoms with Crippen LogP contribution in [0.2, 0.25) is 0 Å². The molecule has 0 bridgehead atoms. The molecule has 1 aromatic carbocycles. The molecule has 2 rings (SSSR count). The second-order valence-electron chi connectivity index (χ2n) is 5.35. The fourth-order valence-electron chi connectivity index (χ4n) is 2.55. The van der Waals surface area contributed by atoms with Crippen molar-refractivity contribution >= 4 is 15.7 Å². The summed E-state index contributed by atoms with van der Waals surface area (Å²) in [5.74, 6) is 0.270. The van der Waals surface area contributed by atoms with Gasteiger partial charge in [-0.1, -0.05) is 6.07 Å². The Bertz CT molecular complexity index is 570. The molecule has 1 unspecified atom stereocenters. The van der Waals surface area contributed by atoms with Gasteiger partial charge < -0.3 is 10.5 Å². The average Bonchev–Trinajstić information content (AvgIpc) is 2.42. The molecule has 0 amide bonds. The van der Waals surface area contributed by atoms with Crippen LogP contribution in [0, 0.1) is 12.8 Å². The number of nitrogens with two attached hydrogens (primary N) is 1. The smallest absolute Gasteiger partial charge is 0.243 e. The topological polar surface area (TPSA) is 72.6 Å². The number of anilines is 1. The number of methoxy groups -OCH3 is 1. The Kier molecular flexibility index (Phi) is 4.67. The fourth-order valence-corrected chi connectivity index (χ4v) is 4.14. The van der Waals surface area contributed by atoms with Gasteiger partial charge in [0.25, 0.3) is 0 Å². The van der Waals surface area contributed by atoms with Crippen LogP contribution >= 0.6 is 0 Å². The molecule has 2 N–H and O–H groups in total. The highest BCUT2D eigenvalue weighted by atomic mass is 32.2. The number of hydrogen-bond acceptors (Lipinski definition) is 4. The maximum absolute atomic E-state index is 12.6. The number of nitrogens with zero attached hydrogens (tertiary/aromatic N) is 1. The summed E-state index contributed by atoms with van der Waals surface area (Å²) in [6.45, 7) is 3.55. The van der Waals surface area contributed by atoms with Crippen LogP contribution in [0.1, 0.15) is 18.4 Å². The Morgan fingerprint density at radius 2 is 2.20 bits per heavy atom. The normalized spacial score (nSPS) is 21.0. The van der Waals surface area contributed by atoms with Crippen LogP contribution < -0.4 is 5.73 Å². The Hall–Kier alpha value is -1.11. The molecule has 1 saturated heterocycles. The van der Waals surface area contributed by atoms with Gasteiger partial charge in [-0.05, 0) is 43.4 Å². The van der Waals surface area contributed by atoms with Crippen LogP contribution in [0.15, 0.2) is 23.1 Å². The molecule has 1 aliphatic heterocycles. The van der Waals surface area contributed by atoms with Gasteiger partial charge in [0.1, 0.15) is 0 Å². The Balaban J connectivity index is 2.23. The molecule has 1 aliphatic rings. The second kappa shape index (κ2) is 6.11. The van der Waals surface area contributed by atoms with Crippen molar-refractivity contribution in [1.29, 1.82) is 0 Å². The van der Waals surface area contributed by atoms with Gasteiger partial charge in [0, 0.05) is 25.9 Å². The van der Waals surface area contributed by atoms with E-state index in [0.29, 0.717) is 25.4 Å². The molecule has 0 radical (unpaired) electrons. The van der Waals surface area contributed by atoms with Crippen molar-refractivity contribution in [3.8, 4) is 0 Å². The predicted molar refractivity (Wildman–Crippen MR) is 79.0 cm³/mol. The molecule has 0 aromatic heterocycles. The van der Waals surface area contributed by atoms with Crippen molar-refractivity contribution in [2.75, 3.05) is 32.5 Å². The van der Waals surface area contributed by atoms with Gasteiger partial charge in [-0.15, -0.1) is 0 Å². The molecule has 0 saturated carbocycles. The minimum Gasteiger partial charge on any atom is -0.398 e. The van der Waals surface area contributed by atoms with E-state index in [1.165, 1.54) is 0 Å². The molecule has 5 nitrogen and oxygen atoms in total. The summed E-state index contributed by atoms with van der Waals surface area (Å²) in [6.07, 6.45) is 1.88. The van der Waals surface area contributed by atoms with Gasteiger partial charge >= 0.3 is 0 Å². The number of rotatable bonds is 4. The van der Waals surface area contributed by atoms with E-state index in [0.717, 1.165) is 18.4 Å². The van der Waals surface area contributed by atoms with Crippen LogP contribution in [-0.2, 0) is 14.8 Å². The van der Waals surface area contributed by atoms with E-state index in [9.17, 15) is 8.42 Å². The zero-order valence-electron chi connectivity index (χ0n) is 12.0. The van der Waals surface area contributed by atoms with Crippen molar-refractivity contribution in [3.63, 3.8) is 0 Å². The molecule has 1 fully saturated rings.